The van der Waals surface area contributed by atoms with Crippen LogP contribution in [0.15, 0.2) is 5.16 Å². The summed E-state index contributed by atoms with van der Waals surface area (Å²) in [5, 5.41) is 6.99. The van der Waals surface area contributed by atoms with Crippen molar-refractivity contribution in [3.05, 3.63) is 5.82 Å². The zero-order chi connectivity index (χ0) is 10.0. The minimum absolute atomic E-state index is 0.0631. The smallest absolute Gasteiger partial charge is 0.302 e. The highest BCUT2D eigenvalue weighted by molar-refractivity contribution is 7.80. The summed E-state index contributed by atoms with van der Waals surface area (Å²) in [7, 11) is 3.53. The topological polar surface area (TPSA) is 34.0 Å². The molecule has 0 saturated carbocycles. The second-order valence-electron chi connectivity index (χ2n) is 2.80. The van der Waals surface area contributed by atoms with Crippen LogP contribution in [-0.2, 0) is 6.54 Å². The Bertz CT molecular complexity index is 286. The Balaban J connectivity index is 2.94. The molecule has 1 heterocycles. The summed E-state index contributed by atoms with van der Waals surface area (Å²) < 4.78 is 25.5. The number of rotatable bonds is 3. The summed E-state index contributed by atoms with van der Waals surface area (Å²) in [5.74, 6) is 0.213. The van der Waals surface area contributed by atoms with Crippen molar-refractivity contribution in [2.24, 2.45) is 0 Å². The largest absolute Gasteiger partial charge is 0.322 e. The van der Waals surface area contributed by atoms with Gasteiger partial charge in [0.25, 0.3) is 0 Å². The first-order chi connectivity index (χ1) is 6.02. The van der Waals surface area contributed by atoms with Crippen LogP contribution in [0.1, 0.15) is 12.4 Å². The number of alkyl halides is 2. The van der Waals surface area contributed by atoms with Crippen LogP contribution in [0.25, 0.3) is 0 Å². The van der Waals surface area contributed by atoms with Crippen LogP contribution in [0, 0.1) is 0 Å². The van der Waals surface area contributed by atoms with Gasteiger partial charge in [0.15, 0.2) is 11.0 Å². The molecule has 0 spiro atoms. The molecular weight excluding hydrogens is 198 g/mol. The van der Waals surface area contributed by atoms with Crippen LogP contribution in [0.2, 0.25) is 0 Å². The van der Waals surface area contributed by atoms with E-state index in [9.17, 15) is 8.78 Å². The molecule has 0 N–H and O–H groups in total. The molecule has 0 aliphatic rings. The second kappa shape index (κ2) is 4.01. The minimum atomic E-state index is -2.64. The molecule has 1 aromatic rings. The van der Waals surface area contributed by atoms with Gasteiger partial charge in [0, 0.05) is 0 Å². The van der Waals surface area contributed by atoms with Gasteiger partial charge in [-0.25, -0.2) is 4.57 Å². The monoisotopic (exact) mass is 208 g/mol. The molecule has 0 saturated heterocycles. The Morgan fingerprint density at radius 3 is 2.54 bits per heavy atom. The fourth-order valence-electron chi connectivity index (χ4n) is 0.905. The van der Waals surface area contributed by atoms with Gasteiger partial charge >= 0.3 is 6.55 Å². The van der Waals surface area contributed by atoms with E-state index < -0.39 is 6.55 Å². The van der Waals surface area contributed by atoms with Crippen molar-refractivity contribution in [1.82, 2.24) is 19.7 Å². The van der Waals surface area contributed by atoms with E-state index >= 15 is 0 Å². The number of nitrogens with zero attached hydrogens (tertiary/aromatic N) is 4. The SMILES string of the molecule is CN(C)Cc1nnc(S)n1C(F)F. The van der Waals surface area contributed by atoms with Crippen molar-refractivity contribution < 1.29 is 8.78 Å². The lowest BCUT2D eigenvalue weighted by Crippen LogP contribution is -2.16. The normalized spacial score (nSPS) is 11.6. The van der Waals surface area contributed by atoms with Gasteiger partial charge in [0.2, 0.25) is 0 Å². The van der Waals surface area contributed by atoms with Gasteiger partial charge in [-0.2, -0.15) is 8.78 Å². The molecule has 0 atom stereocenters. The molecule has 0 aromatic carbocycles. The average Bonchev–Trinajstić information content (AvgIpc) is 2.30. The van der Waals surface area contributed by atoms with Crippen LogP contribution in [-0.4, -0.2) is 33.8 Å². The van der Waals surface area contributed by atoms with E-state index in [-0.39, 0.29) is 11.0 Å². The summed E-state index contributed by atoms with van der Waals surface area (Å²) in [4.78, 5) is 1.73. The number of hydrogen-bond acceptors (Lipinski definition) is 4. The third kappa shape index (κ3) is 2.38. The first-order valence-corrected chi connectivity index (χ1v) is 4.02. The molecule has 7 heteroatoms. The molecule has 0 bridgehead atoms. The predicted octanol–water partition coefficient (Wildman–Crippen LogP) is 1.02. The van der Waals surface area contributed by atoms with Crippen molar-refractivity contribution >= 4 is 12.6 Å². The summed E-state index contributed by atoms with van der Waals surface area (Å²) in [6, 6.07) is 0. The summed E-state index contributed by atoms with van der Waals surface area (Å²) in [5.41, 5.74) is 0. The summed E-state index contributed by atoms with van der Waals surface area (Å²) in [6.45, 7) is -2.32. The molecule has 74 valence electrons. The van der Waals surface area contributed by atoms with Crippen LogP contribution in [0.3, 0.4) is 0 Å². The first-order valence-electron chi connectivity index (χ1n) is 3.58. The zero-order valence-corrected chi connectivity index (χ0v) is 8.17. The average molecular weight is 208 g/mol. The van der Waals surface area contributed by atoms with Crippen molar-refractivity contribution in [3.8, 4) is 0 Å². The highest BCUT2D eigenvalue weighted by Gasteiger charge is 2.17. The maximum Gasteiger partial charge on any atom is 0.322 e. The molecule has 13 heavy (non-hydrogen) atoms. The summed E-state index contributed by atoms with van der Waals surface area (Å²) in [6.07, 6.45) is 0. The Morgan fingerprint density at radius 2 is 2.08 bits per heavy atom. The van der Waals surface area contributed by atoms with E-state index in [1.807, 2.05) is 0 Å². The number of thiol groups is 1. The highest BCUT2D eigenvalue weighted by atomic mass is 32.1. The number of aromatic nitrogens is 3. The molecule has 0 aliphatic carbocycles. The van der Waals surface area contributed by atoms with E-state index in [0.29, 0.717) is 11.1 Å². The molecular formula is C6H10F2N4S. The summed E-state index contributed by atoms with van der Waals surface area (Å²) >= 11 is 3.77. The van der Waals surface area contributed by atoms with Crippen molar-refractivity contribution in [2.75, 3.05) is 14.1 Å². The van der Waals surface area contributed by atoms with Gasteiger partial charge < -0.3 is 4.90 Å². The standard InChI is InChI=1S/C6H10F2N4S/c1-11(2)3-4-9-10-6(13)12(4)5(7)8/h5H,3H2,1-2H3,(H,10,13). The molecule has 0 unspecified atom stereocenters. The van der Waals surface area contributed by atoms with Gasteiger partial charge in [-0.3, -0.25) is 0 Å². The van der Waals surface area contributed by atoms with E-state index in [1.165, 1.54) is 0 Å². The van der Waals surface area contributed by atoms with Gasteiger partial charge in [-0.05, 0) is 14.1 Å². The van der Waals surface area contributed by atoms with E-state index in [1.54, 1.807) is 19.0 Å². The second-order valence-corrected chi connectivity index (χ2v) is 3.20. The Hall–Kier alpha value is -0.690. The van der Waals surface area contributed by atoms with Crippen molar-refractivity contribution in [2.45, 2.75) is 18.3 Å². The molecule has 0 aliphatic heterocycles. The fraction of sp³-hybridized carbons (Fsp3) is 0.667. The first kappa shape index (κ1) is 10.4. The van der Waals surface area contributed by atoms with E-state index in [0.717, 1.165) is 0 Å². The molecule has 1 rings (SSSR count). The minimum Gasteiger partial charge on any atom is -0.302 e. The lowest BCUT2D eigenvalue weighted by Gasteiger charge is -2.10. The van der Waals surface area contributed by atoms with Crippen LogP contribution in [0.5, 0.6) is 0 Å². The van der Waals surface area contributed by atoms with Gasteiger partial charge in [0.1, 0.15) is 0 Å². The van der Waals surface area contributed by atoms with Gasteiger partial charge in [-0.15, -0.1) is 22.8 Å². The molecule has 1 aromatic heterocycles. The van der Waals surface area contributed by atoms with Crippen molar-refractivity contribution in [3.63, 3.8) is 0 Å². The van der Waals surface area contributed by atoms with E-state index in [2.05, 4.69) is 22.8 Å². The molecule has 0 radical (unpaired) electrons. The van der Waals surface area contributed by atoms with Crippen LogP contribution < -0.4 is 0 Å². The lowest BCUT2D eigenvalue weighted by molar-refractivity contribution is 0.0559. The third-order valence-electron chi connectivity index (χ3n) is 1.40. The number of hydrogen-bond donors (Lipinski definition) is 1. The number of halogens is 2. The maximum absolute atomic E-state index is 12.4. The Labute approximate surface area is 80.0 Å². The Kier molecular flexibility index (Phi) is 3.21. The third-order valence-corrected chi connectivity index (χ3v) is 1.71. The van der Waals surface area contributed by atoms with Gasteiger partial charge in [-0.1, -0.05) is 0 Å². The van der Waals surface area contributed by atoms with Crippen LogP contribution in [0.4, 0.5) is 8.78 Å². The van der Waals surface area contributed by atoms with Gasteiger partial charge in [0.05, 0.1) is 6.54 Å². The maximum atomic E-state index is 12.4. The van der Waals surface area contributed by atoms with E-state index in [4.69, 9.17) is 0 Å². The molecule has 0 amide bonds. The molecule has 4 nitrogen and oxygen atoms in total. The molecule has 0 fully saturated rings. The van der Waals surface area contributed by atoms with Crippen molar-refractivity contribution in [1.29, 1.82) is 0 Å². The quantitative estimate of drug-likeness (QED) is 0.753. The van der Waals surface area contributed by atoms with Crippen LogP contribution >= 0.6 is 12.6 Å². The highest BCUT2D eigenvalue weighted by Crippen LogP contribution is 2.17. The Morgan fingerprint density at radius 1 is 1.46 bits per heavy atom. The predicted molar refractivity (Wildman–Crippen MR) is 45.9 cm³/mol. The lowest BCUT2D eigenvalue weighted by atomic mass is 10.5. The fourth-order valence-corrected chi connectivity index (χ4v) is 1.15. The zero-order valence-electron chi connectivity index (χ0n) is 7.28.